The third-order valence-corrected chi connectivity index (χ3v) is 2.21. The highest BCUT2D eigenvalue weighted by Crippen LogP contribution is 2.01. The maximum absolute atomic E-state index is 11.3. The largest absolute Gasteiger partial charge is 0.355 e. The van der Waals surface area contributed by atoms with E-state index in [1.54, 1.807) is 0 Å². The minimum Gasteiger partial charge on any atom is -0.355 e. The van der Waals surface area contributed by atoms with Crippen molar-refractivity contribution in [1.82, 2.24) is 20.8 Å². The quantitative estimate of drug-likeness (QED) is 0.642. The Morgan fingerprint density at radius 3 is 3.14 bits per heavy atom. The summed E-state index contributed by atoms with van der Waals surface area (Å²) in [6, 6.07) is 0. The molecule has 0 unspecified atom stereocenters. The van der Waals surface area contributed by atoms with Gasteiger partial charge in [0.05, 0.1) is 5.92 Å². The van der Waals surface area contributed by atoms with Crippen LogP contribution >= 0.6 is 0 Å². The summed E-state index contributed by atoms with van der Waals surface area (Å²) in [4.78, 5) is 15.2. The molecule has 1 aliphatic heterocycles. The van der Waals surface area contributed by atoms with Crippen LogP contribution in [0, 0.1) is 5.92 Å². The topological polar surface area (TPSA) is 80.1 Å². The number of amides is 1. The second kappa shape index (κ2) is 4.19. The minimum absolute atomic E-state index is 0.104. The van der Waals surface area contributed by atoms with Crippen LogP contribution in [0.25, 0.3) is 0 Å². The molecule has 6 heteroatoms. The molecule has 2 rings (SSSR count). The van der Waals surface area contributed by atoms with E-state index in [0.717, 1.165) is 13.1 Å². The molecule has 0 spiro atoms. The predicted octanol–water partition coefficient (Wildman–Crippen LogP) is -1.05. The summed E-state index contributed by atoms with van der Waals surface area (Å²) in [5.41, 5.74) is 0. The first kappa shape index (κ1) is 9.14. The van der Waals surface area contributed by atoms with Crippen molar-refractivity contribution in [2.24, 2.45) is 5.92 Å². The Kier molecular flexibility index (Phi) is 2.73. The number of carbonyl (C=O) groups is 1. The molecule has 0 radical (unpaired) electrons. The first-order chi connectivity index (χ1) is 6.86. The van der Waals surface area contributed by atoms with Crippen LogP contribution in [0.3, 0.4) is 0 Å². The van der Waals surface area contributed by atoms with Crippen LogP contribution in [-0.4, -0.2) is 35.7 Å². The van der Waals surface area contributed by atoms with E-state index < -0.39 is 0 Å². The highest BCUT2D eigenvalue weighted by atomic mass is 16.5. The molecule has 1 amide bonds. The summed E-state index contributed by atoms with van der Waals surface area (Å²) in [6.07, 6.45) is 1.90. The molecule has 1 fully saturated rings. The van der Waals surface area contributed by atoms with Gasteiger partial charge in [-0.05, 0) is 0 Å². The van der Waals surface area contributed by atoms with Crippen LogP contribution in [-0.2, 0) is 11.2 Å². The van der Waals surface area contributed by atoms with Crippen molar-refractivity contribution in [2.45, 2.75) is 6.42 Å². The normalized spacial score (nSPS) is 16.3. The van der Waals surface area contributed by atoms with Gasteiger partial charge in [0.1, 0.15) is 0 Å². The highest BCUT2D eigenvalue weighted by molar-refractivity contribution is 5.79. The smallest absolute Gasteiger partial charge is 0.225 e. The lowest BCUT2D eigenvalue weighted by molar-refractivity contribution is -0.126. The van der Waals surface area contributed by atoms with Crippen molar-refractivity contribution in [3.63, 3.8) is 0 Å². The van der Waals surface area contributed by atoms with Gasteiger partial charge in [-0.3, -0.25) is 4.79 Å². The maximum Gasteiger partial charge on any atom is 0.225 e. The summed E-state index contributed by atoms with van der Waals surface area (Å²) in [5.74, 6) is 0.865. The van der Waals surface area contributed by atoms with E-state index in [-0.39, 0.29) is 11.8 Å². The highest BCUT2D eigenvalue weighted by Gasteiger charge is 2.24. The van der Waals surface area contributed by atoms with E-state index in [9.17, 15) is 4.79 Å². The lowest BCUT2D eigenvalue weighted by atomic mass is 10.0. The molecule has 76 valence electrons. The molecule has 0 bridgehead atoms. The monoisotopic (exact) mass is 196 g/mol. The number of nitrogens with zero attached hydrogens (tertiary/aromatic N) is 2. The van der Waals surface area contributed by atoms with Crippen molar-refractivity contribution in [3.05, 3.63) is 12.2 Å². The summed E-state index contributed by atoms with van der Waals surface area (Å²) in [6.45, 7) is 2.14. The number of nitrogens with one attached hydrogen (secondary N) is 2. The first-order valence-corrected chi connectivity index (χ1v) is 4.60. The Morgan fingerprint density at radius 1 is 1.71 bits per heavy atom. The molecule has 0 aromatic carbocycles. The van der Waals surface area contributed by atoms with Crippen molar-refractivity contribution in [3.8, 4) is 0 Å². The molecule has 1 saturated heterocycles. The summed E-state index contributed by atoms with van der Waals surface area (Å²) < 4.78 is 4.57. The lowest BCUT2D eigenvalue weighted by Crippen LogP contribution is -2.51. The molecule has 1 aliphatic rings. The van der Waals surface area contributed by atoms with Gasteiger partial charge in [0.2, 0.25) is 12.3 Å². The van der Waals surface area contributed by atoms with Gasteiger partial charge >= 0.3 is 0 Å². The van der Waals surface area contributed by atoms with Crippen molar-refractivity contribution >= 4 is 5.91 Å². The summed E-state index contributed by atoms with van der Waals surface area (Å²) >= 11 is 0. The molecular weight excluding hydrogens is 184 g/mol. The molecule has 0 atom stereocenters. The van der Waals surface area contributed by atoms with Gasteiger partial charge in [-0.25, -0.2) is 0 Å². The molecular formula is C8H12N4O2. The van der Waals surface area contributed by atoms with Crippen molar-refractivity contribution in [1.29, 1.82) is 0 Å². The Bertz CT molecular complexity index is 294. The zero-order valence-corrected chi connectivity index (χ0v) is 7.69. The van der Waals surface area contributed by atoms with E-state index in [0.29, 0.717) is 18.8 Å². The lowest BCUT2D eigenvalue weighted by Gasteiger charge is -2.25. The van der Waals surface area contributed by atoms with E-state index in [1.807, 2.05) is 0 Å². The van der Waals surface area contributed by atoms with Gasteiger partial charge in [-0.2, -0.15) is 4.98 Å². The average molecular weight is 196 g/mol. The van der Waals surface area contributed by atoms with E-state index in [4.69, 9.17) is 0 Å². The molecule has 0 aliphatic carbocycles. The number of aromatic nitrogens is 2. The SMILES string of the molecule is O=C(NCCc1ncon1)C1CNC1. The van der Waals surface area contributed by atoms with Crippen molar-refractivity contribution < 1.29 is 9.32 Å². The van der Waals surface area contributed by atoms with Gasteiger partial charge in [0, 0.05) is 26.1 Å². The van der Waals surface area contributed by atoms with Gasteiger partial charge in [0.25, 0.3) is 0 Å². The Morgan fingerprint density at radius 2 is 2.57 bits per heavy atom. The third-order valence-electron chi connectivity index (χ3n) is 2.21. The fourth-order valence-corrected chi connectivity index (χ4v) is 1.22. The second-order valence-electron chi connectivity index (χ2n) is 3.24. The van der Waals surface area contributed by atoms with E-state index >= 15 is 0 Å². The maximum atomic E-state index is 11.3. The van der Waals surface area contributed by atoms with Crippen LogP contribution in [0.15, 0.2) is 10.9 Å². The Hall–Kier alpha value is -1.43. The molecule has 0 saturated carbocycles. The van der Waals surface area contributed by atoms with E-state index in [2.05, 4.69) is 25.3 Å². The zero-order valence-electron chi connectivity index (χ0n) is 7.69. The van der Waals surface area contributed by atoms with E-state index in [1.165, 1.54) is 6.39 Å². The summed E-state index contributed by atoms with van der Waals surface area (Å²) in [7, 11) is 0. The molecule has 6 nitrogen and oxygen atoms in total. The first-order valence-electron chi connectivity index (χ1n) is 4.60. The number of rotatable bonds is 4. The molecule has 2 N–H and O–H groups in total. The zero-order chi connectivity index (χ0) is 9.80. The predicted molar refractivity (Wildman–Crippen MR) is 47.4 cm³/mol. The molecule has 14 heavy (non-hydrogen) atoms. The number of hydrogen-bond acceptors (Lipinski definition) is 5. The summed E-state index contributed by atoms with van der Waals surface area (Å²) in [5, 5.41) is 9.51. The van der Waals surface area contributed by atoms with Crippen LogP contribution in [0.2, 0.25) is 0 Å². The fourth-order valence-electron chi connectivity index (χ4n) is 1.22. The van der Waals surface area contributed by atoms with Gasteiger partial charge in [-0.1, -0.05) is 5.16 Å². The molecule has 2 heterocycles. The van der Waals surface area contributed by atoms with Gasteiger partial charge in [-0.15, -0.1) is 0 Å². The fraction of sp³-hybridized carbons (Fsp3) is 0.625. The van der Waals surface area contributed by atoms with Gasteiger partial charge in [0.15, 0.2) is 5.82 Å². The Labute approximate surface area is 81.1 Å². The van der Waals surface area contributed by atoms with Crippen LogP contribution < -0.4 is 10.6 Å². The molecule has 1 aromatic rings. The van der Waals surface area contributed by atoms with Gasteiger partial charge < -0.3 is 15.2 Å². The third kappa shape index (κ3) is 2.08. The number of carbonyl (C=O) groups excluding carboxylic acids is 1. The molecule has 1 aromatic heterocycles. The van der Waals surface area contributed by atoms with Crippen LogP contribution in [0.4, 0.5) is 0 Å². The Balaban J connectivity index is 1.65. The second-order valence-corrected chi connectivity index (χ2v) is 3.24. The van der Waals surface area contributed by atoms with Crippen LogP contribution in [0.1, 0.15) is 5.82 Å². The van der Waals surface area contributed by atoms with Crippen molar-refractivity contribution in [2.75, 3.05) is 19.6 Å². The minimum atomic E-state index is 0.104. The standard InChI is InChI=1S/C8H12N4O2/c13-8(6-3-9-4-6)10-2-1-7-11-5-14-12-7/h5-6,9H,1-4H2,(H,10,13). The van der Waals surface area contributed by atoms with Crippen LogP contribution in [0.5, 0.6) is 0 Å². The average Bonchev–Trinajstić information content (AvgIpc) is 2.53. The number of hydrogen-bond donors (Lipinski definition) is 2.